The number of ether oxygens (including phenoxy) is 1. The Morgan fingerprint density at radius 1 is 1.91 bits per heavy atom. The number of hydrogen-bond donors (Lipinski definition) is 1. The highest BCUT2D eigenvalue weighted by atomic mass is 32.1. The van der Waals surface area contributed by atoms with Crippen LogP contribution in [0.5, 0.6) is 0 Å². The van der Waals surface area contributed by atoms with Gasteiger partial charge in [-0.25, -0.2) is 0 Å². The van der Waals surface area contributed by atoms with Gasteiger partial charge < -0.3 is 4.74 Å². The Bertz CT molecular complexity index is 268. The van der Waals surface area contributed by atoms with Crippen LogP contribution in [0, 0.1) is 17.2 Å². The fourth-order valence-electron chi connectivity index (χ4n) is 1.77. The molecule has 2 aliphatic rings. The summed E-state index contributed by atoms with van der Waals surface area (Å²) in [6.45, 7) is 1.95. The molecule has 3 atom stereocenters. The van der Waals surface area contributed by atoms with E-state index in [4.69, 9.17) is 10.00 Å². The molecule has 0 amide bonds. The molecular weight excluding hydrogens is 158 g/mol. The van der Waals surface area contributed by atoms with Gasteiger partial charge in [-0.1, -0.05) is 0 Å². The molecule has 0 aliphatic carbocycles. The van der Waals surface area contributed by atoms with E-state index in [0.29, 0.717) is 0 Å². The monoisotopic (exact) mass is 167 g/mol. The van der Waals surface area contributed by atoms with Crippen LogP contribution in [0.4, 0.5) is 0 Å². The van der Waals surface area contributed by atoms with E-state index in [1.807, 2.05) is 13.0 Å². The topological polar surface area (TPSA) is 33.0 Å². The van der Waals surface area contributed by atoms with Crippen LogP contribution in [0.25, 0.3) is 0 Å². The highest BCUT2D eigenvalue weighted by Crippen LogP contribution is 2.46. The second-order valence-corrected chi connectivity index (χ2v) is 3.79. The second kappa shape index (κ2) is 2.02. The fraction of sp³-hybridized carbons (Fsp3) is 0.625. The van der Waals surface area contributed by atoms with E-state index in [-0.39, 0.29) is 17.6 Å². The van der Waals surface area contributed by atoms with Gasteiger partial charge in [0.1, 0.15) is 5.60 Å². The molecule has 11 heavy (non-hydrogen) atoms. The summed E-state index contributed by atoms with van der Waals surface area (Å²) in [4.78, 5) is 0.985. The van der Waals surface area contributed by atoms with Crippen molar-refractivity contribution in [3.8, 4) is 6.07 Å². The lowest BCUT2D eigenvalue weighted by atomic mass is 9.85. The average Bonchev–Trinajstić information content (AvgIpc) is 2.38. The molecule has 2 aliphatic heterocycles. The predicted molar refractivity (Wildman–Crippen MR) is 44.1 cm³/mol. The molecule has 2 heterocycles. The van der Waals surface area contributed by atoms with Crippen LogP contribution in [0.3, 0.4) is 0 Å². The molecule has 2 rings (SSSR count). The number of nitriles is 1. The second-order valence-electron chi connectivity index (χ2n) is 3.28. The van der Waals surface area contributed by atoms with Crippen LogP contribution in [0.1, 0.15) is 13.3 Å². The Balaban J connectivity index is 2.36. The standard InChI is InChI=1S/C8H9NOS/c1-8-3-7(11)6(10-8)2-5(8)4-9/h3,5-6,11H,2H2,1H3. The van der Waals surface area contributed by atoms with Crippen LogP contribution < -0.4 is 0 Å². The van der Waals surface area contributed by atoms with Crippen LogP contribution in [-0.4, -0.2) is 11.7 Å². The summed E-state index contributed by atoms with van der Waals surface area (Å²) >= 11 is 4.26. The average molecular weight is 167 g/mol. The molecule has 58 valence electrons. The number of hydrogen-bond acceptors (Lipinski definition) is 3. The first-order valence-electron chi connectivity index (χ1n) is 3.65. The predicted octanol–water partition coefficient (Wildman–Crippen LogP) is 1.50. The van der Waals surface area contributed by atoms with Crippen LogP contribution >= 0.6 is 12.6 Å². The van der Waals surface area contributed by atoms with Crippen LogP contribution in [0.15, 0.2) is 11.0 Å². The molecule has 0 aromatic rings. The van der Waals surface area contributed by atoms with Crippen molar-refractivity contribution in [2.45, 2.75) is 25.0 Å². The Morgan fingerprint density at radius 3 is 3.00 bits per heavy atom. The quantitative estimate of drug-likeness (QED) is 0.555. The van der Waals surface area contributed by atoms with Gasteiger partial charge in [-0.15, -0.1) is 12.6 Å². The SMILES string of the molecule is CC12C=C(S)C(CC1C#N)O2. The number of fused-ring (bicyclic) bond motifs is 2. The molecular formula is C8H9NOS. The molecule has 3 unspecified atom stereocenters. The highest BCUT2D eigenvalue weighted by molar-refractivity contribution is 7.84. The van der Waals surface area contributed by atoms with Gasteiger partial charge in [0.2, 0.25) is 0 Å². The van der Waals surface area contributed by atoms with Crippen molar-refractivity contribution in [2.75, 3.05) is 0 Å². The maximum absolute atomic E-state index is 8.76. The molecule has 3 heteroatoms. The van der Waals surface area contributed by atoms with E-state index in [2.05, 4.69) is 18.7 Å². The third-order valence-corrected chi connectivity index (χ3v) is 2.88. The van der Waals surface area contributed by atoms with Crippen molar-refractivity contribution in [3.05, 3.63) is 11.0 Å². The molecule has 2 bridgehead atoms. The zero-order chi connectivity index (χ0) is 8.06. The molecule has 0 radical (unpaired) electrons. The number of rotatable bonds is 0. The Kier molecular flexibility index (Phi) is 1.33. The van der Waals surface area contributed by atoms with Crippen molar-refractivity contribution in [1.82, 2.24) is 0 Å². The Morgan fingerprint density at radius 2 is 2.64 bits per heavy atom. The van der Waals surface area contributed by atoms with E-state index in [0.717, 1.165) is 11.3 Å². The van der Waals surface area contributed by atoms with Gasteiger partial charge in [0.05, 0.1) is 18.1 Å². The van der Waals surface area contributed by atoms with Crippen molar-refractivity contribution in [3.63, 3.8) is 0 Å². The fourth-order valence-corrected chi connectivity index (χ4v) is 2.18. The van der Waals surface area contributed by atoms with Gasteiger partial charge in [0.15, 0.2) is 0 Å². The summed E-state index contributed by atoms with van der Waals surface area (Å²) in [6, 6.07) is 2.25. The lowest BCUT2D eigenvalue weighted by Gasteiger charge is -2.19. The van der Waals surface area contributed by atoms with Gasteiger partial charge in [0.25, 0.3) is 0 Å². The largest absolute Gasteiger partial charge is 0.361 e. The minimum absolute atomic E-state index is 0.0170. The smallest absolute Gasteiger partial charge is 0.101 e. The van der Waals surface area contributed by atoms with Gasteiger partial charge in [0, 0.05) is 4.91 Å². The van der Waals surface area contributed by atoms with Gasteiger partial charge in [-0.2, -0.15) is 5.26 Å². The molecule has 0 aromatic carbocycles. The van der Waals surface area contributed by atoms with Crippen molar-refractivity contribution in [1.29, 1.82) is 5.26 Å². The Labute approximate surface area is 71.3 Å². The zero-order valence-electron chi connectivity index (χ0n) is 6.24. The summed E-state index contributed by atoms with van der Waals surface area (Å²) in [5.74, 6) is 0.0170. The van der Waals surface area contributed by atoms with Crippen molar-refractivity contribution < 1.29 is 4.74 Å². The zero-order valence-corrected chi connectivity index (χ0v) is 7.14. The molecule has 2 nitrogen and oxygen atoms in total. The summed E-state index contributed by atoms with van der Waals surface area (Å²) < 4.78 is 5.58. The summed E-state index contributed by atoms with van der Waals surface area (Å²) in [6.07, 6.45) is 2.86. The van der Waals surface area contributed by atoms with Gasteiger partial charge >= 0.3 is 0 Å². The van der Waals surface area contributed by atoms with E-state index in [1.54, 1.807) is 0 Å². The first-order valence-corrected chi connectivity index (χ1v) is 4.09. The molecule has 0 aromatic heterocycles. The third kappa shape index (κ3) is 0.831. The lowest BCUT2D eigenvalue weighted by Crippen LogP contribution is -2.26. The number of nitrogens with zero attached hydrogens (tertiary/aromatic N) is 1. The molecule has 1 fully saturated rings. The Hall–Kier alpha value is -0.460. The minimum atomic E-state index is -0.351. The summed E-state index contributed by atoms with van der Waals surface area (Å²) in [5.41, 5.74) is -0.351. The van der Waals surface area contributed by atoms with Gasteiger partial charge in [-0.05, 0) is 19.4 Å². The summed E-state index contributed by atoms with van der Waals surface area (Å²) in [7, 11) is 0. The normalized spacial score (nSPS) is 47.2. The van der Waals surface area contributed by atoms with Crippen LogP contribution in [-0.2, 0) is 4.74 Å². The molecule has 0 spiro atoms. The molecule has 0 N–H and O–H groups in total. The van der Waals surface area contributed by atoms with Crippen LogP contribution in [0.2, 0.25) is 0 Å². The van der Waals surface area contributed by atoms with E-state index >= 15 is 0 Å². The first kappa shape index (κ1) is 7.20. The maximum atomic E-state index is 8.76. The van der Waals surface area contributed by atoms with E-state index in [1.165, 1.54) is 0 Å². The van der Waals surface area contributed by atoms with E-state index in [9.17, 15) is 0 Å². The highest BCUT2D eigenvalue weighted by Gasteiger charge is 2.49. The van der Waals surface area contributed by atoms with Crippen molar-refractivity contribution in [2.24, 2.45) is 5.92 Å². The first-order chi connectivity index (χ1) is 5.15. The minimum Gasteiger partial charge on any atom is -0.361 e. The maximum Gasteiger partial charge on any atom is 0.101 e. The summed E-state index contributed by atoms with van der Waals surface area (Å²) in [5, 5.41) is 8.76. The third-order valence-electron chi connectivity index (χ3n) is 2.46. The lowest BCUT2D eigenvalue weighted by molar-refractivity contribution is 0.0356. The van der Waals surface area contributed by atoms with Gasteiger partial charge in [-0.3, -0.25) is 0 Å². The van der Waals surface area contributed by atoms with Crippen molar-refractivity contribution >= 4 is 12.6 Å². The molecule has 0 saturated carbocycles. The molecule has 1 saturated heterocycles. The van der Waals surface area contributed by atoms with E-state index < -0.39 is 0 Å². The number of thiol groups is 1.